The first-order chi connectivity index (χ1) is 12.2. The van der Waals surface area contributed by atoms with Gasteiger partial charge in [0, 0.05) is 19.1 Å². The standard InChI is InChI=1S/C22H27NO2/c1-3-23-21(24)22(18-10-6-5-7-11-18)15-14-17(16-25-4-2)19-12-8-9-13-20(19)22/h5-13,17H,3-4,14-16H2,1-2H3,(H,23,24)/t17?,22-/m0/s1. The molecule has 0 aliphatic heterocycles. The smallest absolute Gasteiger partial charge is 0.235 e. The first-order valence-electron chi connectivity index (χ1n) is 9.25. The molecule has 3 nitrogen and oxygen atoms in total. The van der Waals surface area contributed by atoms with Crippen LogP contribution < -0.4 is 5.32 Å². The summed E-state index contributed by atoms with van der Waals surface area (Å²) in [5.74, 6) is 0.450. The van der Waals surface area contributed by atoms with Crippen molar-refractivity contribution in [2.75, 3.05) is 19.8 Å². The molecule has 2 aromatic rings. The van der Waals surface area contributed by atoms with E-state index >= 15 is 0 Å². The molecule has 132 valence electrons. The molecular formula is C22H27NO2. The normalized spacial score (nSPS) is 22.2. The molecule has 1 N–H and O–H groups in total. The minimum absolute atomic E-state index is 0.100. The Balaban J connectivity index is 2.13. The van der Waals surface area contributed by atoms with Gasteiger partial charge in [0.2, 0.25) is 5.91 Å². The van der Waals surface area contributed by atoms with Crippen molar-refractivity contribution < 1.29 is 9.53 Å². The Labute approximate surface area is 150 Å². The SMILES string of the molecule is CCNC(=O)[C@]1(c2ccccc2)CCC(COCC)c2ccccc21. The topological polar surface area (TPSA) is 38.3 Å². The number of rotatable bonds is 6. The van der Waals surface area contributed by atoms with Crippen LogP contribution >= 0.6 is 0 Å². The number of fused-ring (bicyclic) bond motifs is 1. The Morgan fingerprint density at radius 1 is 1.12 bits per heavy atom. The lowest BCUT2D eigenvalue weighted by atomic mass is 9.63. The van der Waals surface area contributed by atoms with E-state index in [1.807, 2.05) is 38.1 Å². The fraction of sp³-hybridized carbons (Fsp3) is 0.409. The molecular weight excluding hydrogens is 310 g/mol. The molecule has 0 radical (unpaired) electrons. The van der Waals surface area contributed by atoms with Crippen molar-refractivity contribution in [3.63, 3.8) is 0 Å². The van der Waals surface area contributed by atoms with Crippen LogP contribution in [0.1, 0.15) is 49.3 Å². The third-order valence-electron chi connectivity index (χ3n) is 5.24. The van der Waals surface area contributed by atoms with Crippen LogP contribution in [0.4, 0.5) is 0 Å². The molecule has 0 fully saturated rings. The largest absolute Gasteiger partial charge is 0.381 e. The van der Waals surface area contributed by atoms with Gasteiger partial charge >= 0.3 is 0 Å². The second kappa shape index (κ2) is 7.83. The van der Waals surface area contributed by atoms with Gasteiger partial charge in [0.1, 0.15) is 0 Å². The van der Waals surface area contributed by atoms with E-state index in [0.717, 1.165) is 30.6 Å². The van der Waals surface area contributed by atoms with Crippen LogP contribution in [0.5, 0.6) is 0 Å². The van der Waals surface area contributed by atoms with Gasteiger partial charge in [-0.3, -0.25) is 4.79 Å². The van der Waals surface area contributed by atoms with Crippen molar-refractivity contribution in [3.05, 3.63) is 71.3 Å². The zero-order chi connectivity index (χ0) is 17.7. The Hall–Kier alpha value is -2.13. The molecule has 1 aliphatic carbocycles. The van der Waals surface area contributed by atoms with E-state index in [1.165, 1.54) is 5.56 Å². The summed E-state index contributed by atoms with van der Waals surface area (Å²) in [7, 11) is 0. The third kappa shape index (κ3) is 3.21. The number of nitrogens with one attached hydrogen (secondary N) is 1. The highest BCUT2D eigenvalue weighted by Gasteiger charge is 2.46. The minimum Gasteiger partial charge on any atom is -0.381 e. The van der Waals surface area contributed by atoms with Gasteiger partial charge in [0.05, 0.1) is 12.0 Å². The zero-order valence-electron chi connectivity index (χ0n) is 15.1. The molecule has 0 saturated heterocycles. The number of amides is 1. The van der Waals surface area contributed by atoms with E-state index in [-0.39, 0.29) is 5.91 Å². The quantitative estimate of drug-likeness (QED) is 0.864. The summed E-state index contributed by atoms with van der Waals surface area (Å²) in [6, 6.07) is 18.6. The summed E-state index contributed by atoms with van der Waals surface area (Å²) >= 11 is 0. The van der Waals surface area contributed by atoms with Crippen LogP contribution in [0, 0.1) is 0 Å². The molecule has 25 heavy (non-hydrogen) atoms. The van der Waals surface area contributed by atoms with Crippen molar-refractivity contribution in [2.24, 2.45) is 0 Å². The molecule has 3 heteroatoms. The summed E-state index contributed by atoms with van der Waals surface area (Å²) in [4.78, 5) is 13.3. The molecule has 0 aromatic heterocycles. The van der Waals surface area contributed by atoms with Gasteiger partial charge in [-0.15, -0.1) is 0 Å². The molecule has 0 spiro atoms. The number of hydrogen-bond donors (Lipinski definition) is 1. The predicted octanol–water partition coefficient (Wildman–Crippen LogP) is 4.02. The van der Waals surface area contributed by atoms with Crippen LogP contribution in [0.25, 0.3) is 0 Å². The van der Waals surface area contributed by atoms with Crippen molar-refractivity contribution in [2.45, 2.75) is 38.0 Å². The van der Waals surface area contributed by atoms with E-state index in [2.05, 4.69) is 35.6 Å². The third-order valence-corrected chi connectivity index (χ3v) is 5.24. The molecule has 0 bridgehead atoms. The second-order valence-electron chi connectivity index (χ2n) is 6.61. The number of hydrogen-bond acceptors (Lipinski definition) is 2. The first-order valence-corrected chi connectivity index (χ1v) is 9.25. The van der Waals surface area contributed by atoms with E-state index in [9.17, 15) is 4.79 Å². The number of ether oxygens (including phenoxy) is 1. The zero-order valence-corrected chi connectivity index (χ0v) is 15.1. The fourth-order valence-corrected chi connectivity index (χ4v) is 4.06. The molecule has 0 heterocycles. The number of carbonyl (C=O) groups excluding carboxylic acids is 1. The summed E-state index contributed by atoms with van der Waals surface area (Å²) in [6.45, 7) is 6.07. The van der Waals surface area contributed by atoms with Crippen LogP contribution in [0.2, 0.25) is 0 Å². The van der Waals surface area contributed by atoms with Gasteiger partial charge in [0.25, 0.3) is 0 Å². The molecule has 1 unspecified atom stereocenters. The van der Waals surface area contributed by atoms with Crippen molar-refractivity contribution in [3.8, 4) is 0 Å². The van der Waals surface area contributed by atoms with E-state index in [0.29, 0.717) is 19.1 Å². The minimum atomic E-state index is -0.615. The Kier molecular flexibility index (Phi) is 5.54. The molecule has 3 rings (SSSR count). The van der Waals surface area contributed by atoms with Gasteiger partial charge in [-0.1, -0.05) is 54.6 Å². The van der Waals surface area contributed by atoms with Gasteiger partial charge in [0.15, 0.2) is 0 Å². The number of likely N-dealkylation sites (N-methyl/N-ethyl adjacent to an activating group) is 1. The predicted molar refractivity (Wildman–Crippen MR) is 101 cm³/mol. The summed E-state index contributed by atoms with van der Waals surface area (Å²) in [6.07, 6.45) is 1.75. The summed E-state index contributed by atoms with van der Waals surface area (Å²) in [5, 5.41) is 3.08. The lowest BCUT2D eigenvalue weighted by Gasteiger charge is -2.41. The maximum Gasteiger partial charge on any atom is 0.235 e. The lowest BCUT2D eigenvalue weighted by Crippen LogP contribution is -2.48. The number of carbonyl (C=O) groups is 1. The van der Waals surface area contributed by atoms with E-state index in [1.54, 1.807) is 0 Å². The Bertz CT molecular complexity index is 713. The van der Waals surface area contributed by atoms with Gasteiger partial charge in [-0.25, -0.2) is 0 Å². The fourth-order valence-electron chi connectivity index (χ4n) is 4.06. The van der Waals surface area contributed by atoms with Crippen LogP contribution in [0.3, 0.4) is 0 Å². The first kappa shape index (κ1) is 17.7. The Morgan fingerprint density at radius 3 is 2.56 bits per heavy atom. The van der Waals surface area contributed by atoms with Crippen LogP contribution in [-0.2, 0) is 14.9 Å². The number of benzene rings is 2. The van der Waals surface area contributed by atoms with Gasteiger partial charge < -0.3 is 10.1 Å². The maximum atomic E-state index is 13.3. The van der Waals surface area contributed by atoms with Gasteiger partial charge in [-0.2, -0.15) is 0 Å². The maximum absolute atomic E-state index is 13.3. The van der Waals surface area contributed by atoms with E-state index in [4.69, 9.17) is 4.74 Å². The average molecular weight is 337 g/mol. The van der Waals surface area contributed by atoms with Gasteiger partial charge in [-0.05, 0) is 43.4 Å². The molecule has 1 aliphatic rings. The highest BCUT2D eigenvalue weighted by molar-refractivity contribution is 5.93. The Morgan fingerprint density at radius 2 is 1.84 bits per heavy atom. The van der Waals surface area contributed by atoms with E-state index < -0.39 is 5.41 Å². The highest BCUT2D eigenvalue weighted by atomic mass is 16.5. The monoisotopic (exact) mass is 337 g/mol. The van der Waals surface area contributed by atoms with Crippen molar-refractivity contribution >= 4 is 5.91 Å². The summed E-state index contributed by atoms with van der Waals surface area (Å²) in [5.41, 5.74) is 2.83. The van der Waals surface area contributed by atoms with Crippen molar-refractivity contribution in [1.82, 2.24) is 5.32 Å². The summed E-state index contributed by atoms with van der Waals surface area (Å²) < 4.78 is 5.71. The molecule has 1 amide bonds. The molecule has 0 saturated carbocycles. The van der Waals surface area contributed by atoms with Crippen LogP contribution in [0.15, 0.2) is 54.6 Å². The van der Waals surface area contributed by atoms with Crippen molar-refractivity contribution in [1.29, 1.82) is 0 Å². The highest BCUT2D eigenvalue weighted by Crippen LogP contribution is 2.47. The lowest BCUT2D eigenvalue weighted by molar-refractivity contribution is -0.125. The second-order valence-corrected chi connectivity index (χ2v) is 6.61. The average Bonchev–Trinajstić information content (AvgIpc) is 2.67. The molecule has 2 atom stereocenters. The van der Waals surface area contributed by atoms with Crippen LogP contribution in [-0.4, -0.2) is 25.7 Å². The molecule has 2 aromatic carbocycles.